The van der Waals surface area contributed by atoms with Gasteiger partial charge < -0.3 is 4.90 Å². The number of rotatable bonds is 5. The van der Waals surface area contributed by atoms with E-state index in [0.717, 1.165) is 6.42 Å². The lowest BCUT2D eigenvalue weighted by Gasteiger charge is -2.21. The Balaban J connectivity index is 2.85. The SMILES string of the molecule is CCCN(CCCl)C(=O)c1ccncc1Cl. The number of pyridine rings is 1. The average molecular weight is 261 g/mol. The number of amides is 1. The lowest BCUT2D eigenvalue weighted by atomic mass is 10.2. The van der Waals surface area contributed by atoms with Gasteiger partial charge in [0.1, 0.15) is 0 Å². The molecule has 0 aliphatic heterocycles. The molecule has 0 aromatic carbocycles. The fourth-order valence-electron chi connectivity index (χ4n) is 1.41. The molecule has 0 spiro atoms. The molecule has 1 heterocycles. The summed E-state index contributed by atoms with van der Waals surface area (Å²) in [7, 11) is 0. The molecule has 0 N–H and O–H groups in total. The molecule has 1 aromatic rings. The van der Waals surface area contributed by atoms with Crippen molar-refractivity contribution in [2.75, 3.05) is 19.0 Å². The Morgan fingerprint density at radius 3 is 2.81 bits per heavy atom. The van der Waals surface area contributed by atoms with E-state index < -0.39 is 0 Å². The van der Waals surface area contributed by atoms with Gasteiger partial charge in [0.25, 0.3) is 5.91 Å². The summed E-state index contributed by atoms with van der Waals surface area (Å²) in [5, 5.41) is 0.378. The number of aromatic nitrogens is 1. The largest absolute Gasteiger partial charge is 0.337 e. The van der Waals surface area contributed by atoms with Crippen LogP contribution in [0.1, 0.15) is 23.7 Å². The molecule has 0 fully saturated rings. The maximum Gasteiger partial charge on any atom is 0.255 e. The van der Waals surface area contributed by atoms with Crippen LogP contribution in [0.4, 0.5) is 0 Å². The summed E-state index contributed by atoms with van der Waals surface area (Å²) in [6.07, 6.45) is 3.93. The lowest BCUT2D eigenvalue weighted by Crippen LogP contribution is -2.33. The first-order valence-electron chi connectivity index (χ1n) is 5.15. The summed E-state index contributed by atoms with van der Waals surface area (Å²) < 4.78 is 0. The minimum atomic E-state index is -0.0881. The number of hydrogen-bond donors (Lipinski definition) is 0. The minimum Gasteiger partial charge on any atom is -0.337 e. The van der Waals surface area contributed by atoms with Gasteiger partial charge in [-0.15, -0.1) is 11.6 Å². The van der Waals surface area contributed by atoms with Crippen molar-refractivity contribution in [3.05, 3.63) is 29.0 Å². The van der Waals surface area contributed by atoms with Crippen LogP contribution in [-0.2, 0) is 0 Å². The highest BCUT2D eigenvalue weighted by Crippen LogP contribution is 2.16. The van der Waals surface area contributed by atoms with Crippen molar-refractivity contribution in [3.8, 4) is 0 Å². The molecular weight excluding hydrogens is 247 g/mol. The molecule has 16 heavy (non-hydrogen) atoms. The van der Waals surface area contributed by atoms with E-state index in [1.807, 2.05) is 6.92 Å². The molecule has 0 saturated carbocycles. The normalized spacial score (nSPS) is 10.2. The Labute approximate surface area is 105 Å². The topological polar surface area (TPSA) is 33.2 Å². The van der Waals surface area contributed by atoms with Crippen LogP contribution in [0.25, 0.3) is 0 Å². The van der Waals surface area contributed by atoms with Gasteiger partial charge in [0, 0.05) is 31.4 Å². The van der Waals surface area contributed by atoms with Gasteiger partial charge in [-0.05, 0) is 12.5 Å². The summed E-state index contributed by atoms with van der Waals surface area (Å²) in [5.41, 5.74) is 0.482. The summed E-state index contributed by atoms with van der Waals surface area (Å²) in [6.45, 7) is 3.24. The molecule has 1 rings (SSSR count). The first-order chi connectivity index (χ1) is 7.70. The molecule has 1 amide bonds. The Bertz CT molecular complexity index is 352. The maximum absolute atomic E-state index is 12.1. The molecule has 0 atom stereocenters. The number of nitrogens with zero attached hydrogens (tertiary/aromatic N) is 2. The van der Waals surface area contributed by atoms with Crippen LogP contribution in [0.5, 0.6) is 0 Å². The highest BCUT2D eigenvalue weighted by atomic mass is 35.5. The van der Waals surface area contributed by atoms with Crippen LogP contribution in [0, 0.1) is 0 Å². The smallest absolute Gasteiger partial charge is 0.255 e. The maximum atomic E-state index is 12.1. The zero-order chi connectivity index (χ0) is 12.0. The van der Waals surface area contributed by atoms with Gasteiger partial charge in [-0.25, -0.2) is 0 Å². The molecule has 0 saturated heterocycles. The van der Waals surface area contributed by atoms with E-state index in [4.69, 9.17) is 23.2 Å². The van der Waals surface area contributed by atoms with E-state index in [1.165, 1.54) is 6.20 Å². The first kappa shape index (κ1) is 13.3. The first-order valence-corrected chi connectivity index (χ1v) is 6.06. The van der Waals surface area contributed by atoms with Gasteiger partial charge in [-0.3, -0.25) is 9.78 Å². The second kappa shape index (κ2) is 6.71. The van der Waals surface area contributed by atoms with E-state index >= 15 is 0 Å². The van der Waals surface area contributed by atoms with Crippen LogP contribution in [0.15, 0.2) is 18.5 Å². The minimum absolute atomic E-state index is 0.0881. The van der Waals surface area contributed by atoms with E-state index in [-0.39, 0.29) is 5.91 Å². The molecule has 0 bridgehead atoms. The van der Waals surface area contributed by atoms with Crippen LogP contribution < -0.4 is 0 Å². The van der Waals surface area contributed by atoms with Gasteiger partial charge in [0.15, 0.2) is 0 Å². The molecule has 88 valence electrons. The lowest BCUT2D eigenvalue weighted by molar-refractivity contribution is 0.0765. The summed E-state index contributed by atoms with van der Waals surface area (Å²) in [4.78, 5) is 17.7. The highest BCUT2D eigenvalue weighted by molar-refractivity contribution is 6.33. The van der Waals surface area contributed by atoms with Gasteiger partial charge in [-0.2, -0.15) is 0 Å². The zero-order valence-electron chi connectivity index (χ0n) is 9.12. The number of carbonyl (C=O) groups excluding carboxylic acids is 1. The van der Waals surface area contributed by atoms with Gasteiger partial charge in [-0.1, -0.05) is 18.5 Å². The summed E-state index contributed by atoms with van der Waals surface area (Å²) in [5.74, 6) is 0.337. The predicted octanol–water partition coefficient (Wildman–Crippen LogP) is 2.83. The van der Waals surface area contributed by atoms with E-state index in [9.17, 15) is 4.79 Å². The number of alkyl halides is 1. The van der Waals surface area contributed by atoms with Gasteiger partial charge >= 0.3 is 0 Å². The molecule has 0 unspecified atom stereocenters. The van der Waals surface area contributed by atoms with E-state index in [1.54, 1.807) is 17.2 Å². The molecule has 1 aromatic heterocycles. The van der Waals surface area contributed by atoms with E-state index in [2.05, 4.69) is 4.98 Å². The average Bonchev–Trinajstić information content (AvgIpc) is 2.28. The van der Waals surface area contributed by atoms with Gasteiger partial charge in [0.05, 0.1) is 10.6 Å². The third-order valence-electron chi connectivity index (χ3n) is 2.14. The standard InChI is InChI=1S/C11H14Cl2N2O/c1-2-6-15(7-4-12)11(16)9-3-5-14-8-10(9)13/h3,5,8H,2,4,6-7H2,1H3. The predicted molar refractivity (Wildman–Crippen MR) is 66.2 cm³/mol. The highest BCUT2D eigenvalue weighted by Gasteiger charge is 2.16. The monoisotopic (exact) mass is 260 g/mol. The number of hydrogen-bond acceptors (Lipinski definition) is 2. The third-order valence-corrected chi connectivity index (χ3v) is 2.61. The molecule has 0 aliphatic rings. The van der Waals surface area contributed by atoms with Crippen LogP contribution in [0.2, 0.25) is 5.02 Å². The quantitative estimate of drug-likeness (QED) is 0.763. The molecule has 5 heteroatoms. The van der Waals surface area contributed by atoms with Crippen molar-refractivity contribution in [2.45, 2.75) is 13.3 Å². The van der Waals surface area contributed by atoms with Crippen molar-refractivity contribution in [3.63, 3.8) is 0 Å². The van der Waals surface area contributed by atoms with Crippen molar-refractivity contribution >= 4 is 29.1 Å². The second-order valence-electron chi connectivity index (χ2n) is 3.34. The molecular formula is C11H14Cl2N2O. The Kier molecular flexibility index (Phi) is 5.56. The summed E-state index contributed by atoms with van der Waals surface area (Å²) in [6, 6.07) is 1.63. The number of halogens is 2. The second-order valence-corrected chi connectivity index (χ2v) is 4.12. The van der Waals surface area contributed by atoms with Crippen LogP contribution in [-0.4, -0.2) is 34.8 Å². The third kappa shape index (κ3) is 3.35. The van der Waals surface area contributed by atoms with E-state index in [0.29, 0.717) is 29.6 Å². The molecule has 0 radical (unpaired) electrons. The number of carbonyl (C=O) groups is 1. The fraction of sp³-hybridized carbons (Fsp3) is 0.455. The van der Waals surface area contributed by atoms with Crippen LogP contribution in [0.3, 0.4) is 0 Å². The Morgan fingerprint density at radius 2 is 2.25 bits per heavy atom. The van der Waals surface area contributed by atoms with Crippen molar-refractivity contribution in [1.82, 2.24) is 9.88 Å². The molecule has 0 aliphatic carbocycles. The van der Waals surface area contributed by atoms with Crippen molar-refractivity contribution in [1.29, 1.82) is 0 Å². The van der Waals surface area contributed by atoms with Crippen molar-refractivity contribution < 1.29 is 4.79 Å². The summed E-state index contributed by atoms with van der Waals surface area (Å²) >= 11 is 11.6. The Hall–Kier alpha value is -0.800. The zero-order valence-corrected chi connectivity index (χ0v) is 10.6. The van der Waals surface area contributed by atoms with Crippen LogP contribution >= 0.6 is 23.2 Å². The Morgan fingerprint density at radius 1 is 1.50 bits per heavy atom. The van der Waals surface area contributed by atoms with Gasteiger partial charge in [0.2, 0.25) is 0 Å². The fourth-order valence-corrected chi connectivity index (χ4v) is 1.81. The van der Waals surface area contributed by atoms with Crippen molar-refractivity contribution in [2.24, 2.45) is 0 Å². The molecule has 3 nitrogen and oxygen atoms in total.